The van der Waals surface area contributed by atoms with E-state index in [1.807, 2.05) is 22.7 Å². The normalized spacial score (nSPS) is 16.0. The predicted octanol–water partition coefficient (Wildman–Crippen LogP) is 21.4. The first kappa shape index (κ1) is 53.9. The molecule has 0 N–H and O–H groups in total. The predicted molar refractivity (Wildman–Crippen MR) is 367 cm³/mol. The number of hydrogen-bond donors (Lipinski definition) is 0. The van der Waals surface area contributed by atoms with Crippen LogP contribution in [-0.2, 0) is 25.7 Å². The van der Waals surface area contributed by atoms with Gasteiger partial charge in [-0.1, -0.05) is 159 Å². The summed E-state index contributed by atoms with van der Waals surface area (Å²) in [7, 11) is 0. The average molecular weight is 1120 g/mol. The first-order chi connectivity index (χ1) is 40.8. The molecule has 2 aliphatic carbocycles. The summed E-state index contributed by atoms with van der Waals surface area (Å²) >= 11 is 3.92. The van der Waals surface area contributed by atoms with E-state index in [1.54, 1.807) is 0 Å². The molecule has 0 bridgehead atoms. The molecule has 0 amide bonds. The van der Waals surface area contributed by atoms with E-state index in [4.69, 9.17) is 0 Å². The molecule has 4 heterocycles. The zero-order valence-corrected chi connectivity index (χ0v) is 51.3. The van der Waals surface area contributed by atoms with Gasteiger partial charge in [0.05, 0.1) is 17.1 Å². The third-order valence-corrected chi connectivity index (χ3v) is 21.1. The zero-order chi connectivity index (χ0) is 56.3. The zero-order valence-electron chi connectivity index (χ0n) is 49.7. The minimum absolute atomic E-state index is 0.0496. The molecule has 0 saturated heterocycles. The molecule has 2 aromatic heterocycles. The second-order valence-electron chi connectivity index (χ2n) is 24.5. The number of hydrogen-bond acceptors (Lipinski definition) is 5. The van der Waals surface area contributed by atoms with E-state index in [0.717, 1.165) is 38.5 Å². The molecule has 2 aliphatic heterocycles. The Morgan fingerprint density at radius 1 is 0.506 bits per heavy atom. The van der Waals surface area contributed by atoms with E-state index < -0.39 is 0 Å². The van der Waals surface area contributed by atoms with Gasteiger partial charge in [0.2, 0.25) is 0 Å². The number of benzene rings is 8. The van der Waals surface area contributed by atoms with Gasteiger partial charge in [-0.05, 0) is 199 Å². The van der Waals surface area contributed by atoms with Gasteiger partial charge in [-0.25, -0.2) is 0 Å². The highest BCUT2D eigenvalue weighted by molar-refractivity contribution is 7.26. The Labute approximate surface area is 501 Å². The summed E-state index contributed by atoms with van der Waals surface area (Å²) in [5, 5.41) is 5.51. The summed E-state index contributed by atoms with van der Waals surface area (Å²) in [4.78, 5) is 8.17. The van der Waals surface area contributed by atoms with E-state index in [9.17, 15) is 0 Å². The molecule has 0 fully saturated rings. The molecule has 4 aliphatic rings. The molecule has 3 nitrogen and oxygen atoms in total. The van der Waals surface area contributed by atoms with Crippen LogP contribution in [0.5, 0.6) is 0 Å². The number of unbranched alkanes of at least 4 members (excludes halogenated alkanes) is 5. The van der Waals surface area contributed by atoms with Crippen LogP contribution in [-0.4, -0.2) is 6.71 Å². The second kappa shape index (κ2) is 22.8. The van der Waals surface area contributed by atoms with Crippen LogP contribution in [0.3, 0.4) is 0 Å². The van der Waals surface area contributed by atoms with E-state index >= 15 is 0 Å². The fourth-order valence-electron chi connectivity index (χ4n) is 14.4. The number of allylic oxidation sites excluding steroid dienone is 5. The Morgan fingerprint density at radius 3 is 1.55 bits per heavy atom. The summed E-state index contributed by atoms with van der Waals surface area (Å²) in [6.07, 6.45) is 29.1. The monoisotopic (exact) mass is 1120 g/mol. The van der Waals surface area contributed by atoms with Crippen LogP contribution in [0, 0.1) is 5.92 Å². The Bertz CT molecular complexity index is 4190. The van der Waals surface area contributed by atoms with Crippen molar-refractivity contribution in [2.45, 2.75) is 144 Å². The van der Waals surface area contributed by atoms with Crippen LogP contribution in [0.1, 0.15) is 151 Å². The topological polar surface area (TPSA) is 9.72 Å². The number of nitrogens with zero attached hydrogens (tertiary/aromatic N) is 3. The molecule has 8 aromatic carbocycles. The highest BCUT2D eigenvalue weighted by Gasteiger charge is 2.46. The summed E-state index contributed by atoms with van der Waals surface area (Å²) in [5.41, 5.74) is 23.9. The molecular formula is C77H78BN3S2. The number of anilines is 8. The van der Waals surface area contributed by atoms with Gasteiger partial charge >= 0.3 is 0 Å². The minimum atomic E-state index is -0.0496. The second-order valence-corrected chi connectivity index (χ2v) is 26.7. The van der Waals surface area contributed by atoms with Crippen LogP contribution in [0.15, 0.2) is 170 Å². The Kier molecular flexibility index (Phi) is 14.8. The van der Waals surface area contributed by atoms with Crippen molar-refractivity contribution in [2.75, 3.05) is 14.7 Å². The maximum atomic E-state index is 2.74. The lowest BCUT2D eigenvalue weighted by Crippen LogP contribution is -2.61. The van der Waals surface area contributed by atoms with Gasteiger partial charge in [0.1, 0.15) is 0 Å². The van der Waals surface area contributed by atoms with E-state index in [0.29, 0.717) is 11.8 Å². The van der Waals surface area contributed by atoms with Gasteiger partial charge in [0.15, 0.2) is 0 Å². The molecule has 2 atom stereocenters. The van der Waals surface area contributed by atoms with Gasteiger partial charge < -0.3 is 14.7 Å². The van der Waals surface area contributed by atoms with Crippen LogP contribution < -0.4 is 31.1 Å². The van der Waals surface area contributed by atoms with Gasteiger partial charge in [-0.2, -0.15) is 0 Å². The van der Waals surface area contributed by atoms with Crippen molar-refractivity contribution < 1.29 is 0 Å². The first-order valence-corrected chi connectivity index (χ1v) is 33.4. The lowest BCUT2D eigenvalue weighted by Gasteiger charge is -2.46. The van der Waals surface area contributed by atoms with Crippen LogP contribution in [0.4, 0.5) is 45.5 Å². The number of thiophene rings is 2. The standard InChI is InChI=1S/C77H78BN3S2/c1-7-11-15-25-55-35-43-70-62(47-55)74-72(83-70)45-41-64-77(74)81(57-38-32-53(33-39-57)23-13-9-3)68-49-58(79(65-28-17-16-20-51(65)6)66-29-19-26-59-50(5)21-18-27-60(59)66)48-67-75(68)78(64)63-40-44-71-73(61-46-54(24-14-10-4)34-42-69(61)82-71)76(63)80(67)56-36-30-52(31-37-56)22-12-8-2/h16-19,26-51H,7-15,20-25H2,1-6H3. The van der Waals surface area contributed by atoms with Gasteiger partial charge in [-0.3, -0.25) is 0 Å². The smallest absolute Gasteiger partial charge is 0.252 e. The SMILES string of the molecule is CCCCCc1ccc2sc3ccc4c(c3c2c1)N(c1ccc(CCCC)cc1)c1cc(N(C2=CC=CCC2C)c2cccc3c2C=CCC3C)cc2c1B4c1ccc3sc4ccc(CCCC)cc4c3c1N2c1ccc(CCCC)cc1. The Morgan fingerprint density at radius 2 is 1.01 bits per heavy atom. The van der Waals surface area contributed by atoms with Crippen LogP contribution in [0.2, 0.25) is 0 Å². The molecule has 416 valence electrons. The Balaban J connectivity index is 1.14. The number of aryl methyl sites for hydroxylation is 4. The van der Waals surface area contributed by atoms with Crippen molar-refractivity contribution in [1.29, 1.82) is 0 Å². The summed E-state index contributed by atoms with van der Waals surface area (Å²) in [5.74, 6) is 0.725. The molecule has 6 heteroatoms. The number of fused-ring (bicyclic) bond motifs is 13. The molecule has 10 aromatic rings. The van der Waals surface area contributed by atoms with Crippen molar-refractivity contribution in [3.8, 4) is 0 Å². The van der Waals surface area contributed by atoms with Gasteiger partial charge in [0.25, 0.3) is 6.71 Å². The highest BCUT2D eigenvalue weighted by atomic mass is 32.1. The first-order valence-electron chi connectivity index (χ1n) is 31.7. The van der Waals surface area contributed by atoms with Crippen molar-refractivity contribution >= 4 is 138 Å². The fourth-order valence-corrected chi connectivity index (χ4v) is 16.6. The van der Waals surface area contributed by atoms with E-state index in [-0.39, 0.29) is 6.71 Å². The lowest BCUT2D eigenvalue weighted by molar-refractivity contribution is 0.669. The van der Waals surface area contributed by atoms with Crippen LogP contribution in [0.25, 0.3) is 46.4 Å². The molecule has 14 rings (SSSR count). The maximum absolute atomic E-state index is 2.74. The average Bonchev–Trinajstić information content (AvgIpc) is 2.12. The van der Waals surface area contributed by atoms with Crippen LogP contribution >= 0.6 is 22.7 Å². The largest absolute Gasteiger partial charge is 0.313 e. The third kappa shape index (κ3) is 9.48. The minimum Gasteiger partial charge on any atom is -0.313 e. The lowest BCUT2D eigenvalue weighted by atomic mass is 9.33. The quantitative estimate of drug-likeness (QED) is 0.0626. The summed E-state index contributed by atoms with van der Waals surface area (Å²) < 4.78 is 5.41. The molecule has 0 radical (unpaired) electrons. The number of rotatable bonds is 18. The summed E-state index contributed by atoms with van der Waals surface area (Å²) in [6.45, 7) is 14.0. The van der Waals surface area contributed by atoms with Crippen molar-refractivity contribution in [3.63, 3.8) is 0 Å². The summed E-state index contributed by atoms with van der Waals surface area (Å²) in [6, 6.07) is 56.7. The third-order valence-electron chi connectivity index (χ3n) is 18.9. The molecule has 0 spiro atoms. The van der Waals surface area contributed by atoms with Gasteiger partial charge in [0, 0.05) is 86.0 Å². The van der Waals surface area contributed by atoms with E-state index in [2.05, 4.69) is 226 Å². The fraction of sp³-hybridized carbons (Fsp3) is 0.299. The molecule has 2 unspecified atom stereocenters. The van der Waals surface area contributed by atoms with Gasteiger partial charge in [-0.15, -0.1) is 22.7 Å². The highest BCUT2D eigenvalue weighted by Crippen LogP contribution is 2.54. The van der Waals surface area contributed by atoms with Crippen molar-refractivity contribution in [3.05, 3.63) is 203 Å². The molecule has 83 heavy (non-hydrogen) atoms. The molecule has 0 saturated carbocycles. The maximum Gasteiger partial charge on any atom is 0.252 e. The molecular weight excluding hydrogens is 1040 g/mol. The van der Waals surface area contributed by atoms with E-state index in [1.165, 1.54) is 199 Å². The Hall–Kier alpha value is -7.12. The van der Waals surface area contributed by atoms with Crippen molar-refractivity contribution in [1.82, 2.24) is 0 Å². The van der Waals surface area contributed by atoms with Crippen molar-refractivity contribution in [2.24, 2.45) is 5.92 Å².